The Morgan fingerprint density at radius 1 is 1.32 bits per heavy atom. The summed E-state index contributed by atoms with van der Waals surface area (Å²) in [6.07, 6.45) is 13.1. The van der Waals surface area contributed by atoms with Crippen LogP contribution < -0.4 is 11.1 Å². The molecule has 3 N–H and O–H groups in total. The number of nitrogens with one attached hydrogen (secondary N) is 1. The van der Waals surface area contributed by atoms with E-state index in [1.165, 1.54) is 18.4 Å². The number of nitrogens with two attached hydrogens (primary N) is 1. The summed E-state index contributed by atoms with van der Waals surface area (Å²) in [5, 5.41) is 10.4. The van der Waals surface area contributed by atoms with Gasteiger partial charge in [0.25, 0.3) is 0 Å². The fourth-order valence-electron chi connectivity index (χ4n) is 2.07. The molecule has 142 valence electrons. The number of terminal acetylenes is 1. The van der Waals surface area contributed by atoms with Gasteiger partial charge in [-0.3, -0.25) is 5.01 Å². The largest absolute Gasteiger partial charge is 0.386 e. The van der Waals surface area contributed by atoms with Crippen LogP contribution in [0.4, 0.5) is 0 Å². The van der Waals surface area contributed by atoms with Crippen LogP contribution in [0.1, 0.15) is 47.0 Å². The first-order chi connectivity index (χ1) is 11.8. The Labute approximate surface area is 159 Å². The van der Waals surface area contributed by atoms with Gasteiger partial charge in [0.05, 0.1) is 5.70 Å². The maximum absolute atomic E-state index is 5.61. The van der Waals surface area contributed by atoms with E-state index in [2.05, 4.69) is 43.3 Å². The zero-order chi connectivity index (χ0) is 19.8. The van der Waals surface area contributed by atoms with E-state index < -0.39 is 0 Å². The molecule has 1 saturated heterocycles. The molecule has 0 spiro atoms. The third kappa shape index (κ3) is 13.3. The van der Waals surface area contributed by atoms with Crippen molar-refractivity contribution in [2.24, 2.45) is 16.8 Å². The molecule has 0 atom stereocenters. The summed E-state index contributed by atoms with van der Waals surface area (Å²) in [7, 11) is 0. The highest BCUT2D eigenvalue weighted by Crippen LogP contribution is 2.16. The molecule has 0 aromatic carbocycles. The molecule has 0 saturated carbocycles. The first kappa shape index (κ1) is 25.5. The van der Waals surface area contributed by atoms with E-state index in [0.717, 1.165) is 36.8 Å². The van der Waals surface area contributed by atoms with Crippen LogP contribution in [0.3, 0.4) is 0 Å². The normalized spacial score (nSPS) is 15.6. The molecule has 1 heterocycles. The predicted molar refractivity (Wildman–Crippen MR) is 113 cm³/mol. The highest BCUT2D eigenvalue weighted by Gasteiger charge is 2.16. The van der Waals surface area contributed by atoms with E-state index in [1.807, 2.05) is 18.9 Å². The minimum Gasteiger partial charge on any atom is -0.386 e. The van der Waals surface area contributed by atoms with Crippen molar-refractivity contribution >= 4 is 17.4 Å². The number of hydrogen-bond donors (Lipinski definition) is 2. The standard InChI is InChI=1S/C12H22N4.C6H11Cl.C2H2/c1-4-10(2)16(15-11(3)13)9-12-5-7-14-8-6-12;1-4-5(2)6(3)7;1-2/h4,12,14H,1-2,5-9H2,3H3,(H2,13,15);4H2,1-3H3;1-2H/b;6-5+;. The molecule has 0 bridgehead atoms. The van der Waals surface area contributed by atoms with Gasteiger partial charge < -0.3 is 11.1 Å². The Bertz CT molecular complexity index is 463. The summed E-state index contributed by atoms with van der Waals surface area (Å²) in [6.45, 7) is 18.5. The van der Waals surface area contributed by atoms with Gasteiger partial charge in [0.2, 0.25) is 0 Å². The van der Waals surface area contributed by atoms with Crippen LogP contribution >= 0.6 is 11.6 Å². The number of amidine groups is 1. The maximum Gasteiger partial charge on any atom is 0.117 e. The molecule has 1 aliphatic rings. The lowest BCUT2D eigenvalue weighted by Crippen LogP contribution is -2.34. The molecule has 0 aliphatic carbocycles. The molecule has 5 heteroatoms. The molecule has 0 unspecified atom stereocenters. The Morgan fingerprint density at radius 2 is 1.84 bits per heavy atom. The summed E-state index contributed by atoms with van der Waals surface area (Å²) < 4.78 is 0. The van der Waals surface area contributed by atoms with Gasteiger partial charge in [0.1, 0.15) is 5.84 Å². The van der Waals surface area contributed by atoms with Crippen molar-refractivity contribution in [1.82, 2.24) is 10.3 Å². The van der Waals surface area contributed by atoms with Gasteiger partial charge in [-0.1, -0.05) is 37.3 Å². The molecule has 4 nitrogen and oxygen atoms in total. The van der Waals surface area contributed by atoms with Gasteiger partial charge in [-0.05, 0) is 65.1 Å². The van der Waals surface area contributed by atoms with Crippen molar-refractivity contribution < 1.29 is 0 Å². The molecule has 1 aliphatic heterocycles. The van der Waals surface area contributed by atoms with E-state index in [9.17, 15) is 0 Å². The monoisotopic (exact) mass is 366 g/mol. The first-order valence-electron chi connectivity index (χ1n) is 8.57. The van der Waals surface area contributed by atoms with Crippen LogP contribution in [0.25, 0.3) is 0 Å². The lowest BCUT2D eigenvalue weighted by atomic mass is 9.98. The van der Waals surface area contributed by atoms with Crippen molar-refractivity contribution in [1.29, 1.82) is 0 Å². The van der Waals surface area contributed by atoms with Gasteiger partial charge in [0, 0.05) is 11.6 Å². The van der Waals surface area contributed by atoms with Crippen molar-refractivity contribution in [3.05, 3.63) is 35.5 Å². The van der Waals surface area contributed by atoms with E-state index in [0.29, 0.717) is 11.8 Å². The summed E-state index contributed by atoms with van der Waals surface area (Å²) in [4.78, 5) is 0. The van der Waals surface area contributed by atoms with Gasteiger partial charge in [-0.2, -0.15) is 5.10 Å². The highest BCUT2D eigenvalue weighted by atomic mass is 35.5. The van der Waals surface area contributed by atoms with Crippen LogP contribution in [0.5, 0.6) is 0 Å². The smallest absolute Gasteiger partial charge is 0.117 e. The minimum atomic E-state index is 0.553. The fraction of sp³-hybridized carbons (Fsp3) is 0.550. The maximum atomic E-state index is 5.61. The lowest BCUT2D eigenvalue weighted by Gasteiger charge is -2.28. The summed E-state index contributed by atoms with van der Waals surface area (Å²) in [5.74, 6) is 1.21. The van der Waals surface area contributed by atoms with Gasteiger partial charge in [-0.15, -0.1) is 12.8 Å². The molecular formula is C20H35ClN4. The molecule has 0 radical (unpaired) electrons. The Kier molecular flexibility index (Phi) is 16.1. The molecule has 1 rings (SSSR count). The predicted octanol–water partition coefficient (Wildman–Crippen LogP) is 4.46. The Balaban J connectivity index is 0. The molecule has 0 aromatic heterocycles. The number of piperidine rings is 1. The third-order valence-corrected chi connectivity index (χ3v) is 4.18. The molecule has 25 heavy (non-hydrogen) atoms. The van der Waals surface area contributed by atoms with Crippen molar-refractivity contribution in [2.75, 3.05) is 19.6 Å². The van der Waals surface area contributed by atoms with Crippen LogP contribution in [0.15, 0.2) is 40.6 Å². The summed E-state index contributed by atoms with van der Waals surface area (Å²) in [5.41, 5.74) is 7.70. The molecule has 0 aromatic rings. The SMILES string of the molecule is C#C.C=CC(=C)N(CC1CCNCC1)/N=C(/C)N.CC/C(C)=C(\C)Cl. The van der Waals surface area contributed by atoms with Crippen LogP contribution in [0, 0.1) is 18.8 Å². The zero-order valence-electron chi connectivity index (χ0n) is 16.3. The second-order valence-electron chi connectivity index (χ2n) is 5.88. The van der Waals surface area contributed by atoms with Crippen LogP contribution in [-0.2, 0) is 0 Å². The third-order valence-electron chi connectivity index (χ3n) is 3.85. The minimum absolute atomic E-state index is 0.553. The molecule has 0 amide bonds. The Morgan fingerprint density at radius 3 is 2.16 bits per heavy atom. The average molecular weight is 367 g/mol. The number of hydrazone groups is 1. The Hall–Kier alpha value is -1.70. The number of nitrogens with zero attached hydrogens (tertiary/aromatic N) is 2. The number of hydrogen-bond acceptors (Lipinski definition) is 3. The highest BCUT2D eigenvalue weighted by molar-refractivity contribution is 6.29. The molecular weight excluding hydrogens is 332 g/mol. The number of halogens is 1. The average Bonchev–Trinajstić information content (AvgIpc) is 2.62. The van der Waals surface area contributed by atoms with Gasteiger partial charge >= 0.3 is 0 Å². The number of allylic oxidation sites excluding steroid dienone is 3. The van der Waals surface area contributed by atoms with Crippen molar-refractivity contribution in [3.8, 4) is 12.8 Å². The summed E-state index contributed by atoms with van der Waals surface area (Å²) >= 11 is 5.61. The summed E-state index contributed by atoms with van der Waals surface area (Å²) in [6, 6.07) is 0. The quantitative estimate of drug-likeness (QED) is 0.240. The topological polar surface area (TPSA) is 53.6 Å². The van der Waals surface area contributed by atoms with E-state index in [4.69, 9.17) is 17.3 Å². The van der Waals surface area contributed by atoms with Crippen LogP contribution in [0.2, 0.25) is 0 Å². The first-order valence-corrected chi connectivity index (χ1v) is 8.95. The van der Waals surface area contributed by atoms with E-state index >= 15 is 0 Å². The van der Waals surface area contributed by atoms with Gasteiger partial charge in [-0.25, -0.2) is 0 Å². The second kappa shape index (κ2) is 15.8. The fourth-order valence-corrected chi connectivity index (χ4v) is 2.20. The zero-order valence-corrected chi connectivity index (χ0v) is 17.1. The van der Waals surface area contributed by atoms with E-state index in [1.54, 1.807) is 13.0 Å². The number of rotatable bonds is 6. The lowest BCUT2D eigenvalue weighted by molar-refractivity contribution is 0.259. The van der Waals surface area contributed by atoms with E-state index in [-0.39, 0.29) is 0 Å². The van der Waals surface area contributed by atoms with Crippen LogP contribution in [-0.4, -0.2) is 30.5 Å². The van der Waals surface area contributed by atoms with Crippen molar-refractivity contribution in [2.45, 2.75) is 47.0 Å². The van der Waals surface area contributed by atoms with Gasteiger partial charge in [0.15, 0.2) is 0 Å². The second-order valence-corrected chi connectivity index (χ2v) is 6.45. The molecule has 1 fully saturated rings. The van der Waals surface area contributed by atoms with Crippen molar-refractivity contribution in [3.63, 3.8) is 0 Å².